The summed E-state index contributed by atoms with van der Waals surface area (Å²) in [5.41, 5.74) is -2.11. The maximum Gasteiger partial charge on any atom is 0.432 e. The minimum absolute atomic E-state index is 0.00311. The van der Waals surface area contributed by atoms with Gasteiger partial charge in [-0.15, -0.1) is 0 Å². The second-order valence-electron chi connectivity index (χ2n) is 6.38. The Labute approximate surface area is 141 Å². The molecule has 2 aromatic carbocycles. The van der Waals surface area contributed by atoms with Crippen molar-refractivity contribution >= 4 is 8.32 Å². The first-order chi connectivity index (χ1) is 11.1. The zero-order valence-electron chi connectivity index (χ0n) is 13.8. The molecule has 0 bridgehead atoms. The Hall–Kier alpha value is -2.03. The van der Waals surface area contributed by atoms with Crippen LogP contribution in [-0.2, 0) is 10.0 Å². The largest absolute Gasteiger partial charge is 0.432 e. The van der Waals surface area contributed by atoms with Crippen molar-refractivity contribution in [1.29, 1.82) is 0 Å². The topological polar surface area (TPSA) is 9.23 Å². The lowest BCUT2D eigenvalue weighted by atomic mass is 9.93. The molecule has 0 aliphatic rings. The summed E-state index contributed by atoms with van der Waals surface area (Å²) in [7, 11) is -2.55. The van der Waals surface area contributed by atoms with E-state index in [1.807, 2.05) is 0 Å². The predicted molar refractivity (Wildman–Crippen MR) is 91.9 cm³/mol. The van der Waals surface area contributed by atoms with E-state index in [1.165, 1.54) is 12.1 Å². The van der Waals surface area contributed by atoms with E-state index >= 15 is 0 Å². The first-order valence-corrected chi connectivity index (χ1v) is 11.0. The molecule has 0 fully saturated rings. The first-order valence-electron chi connectivity index (χ1n) is 7.55. The van der Waals surface area contributed by atoms with Crippen LogP contribution in [-0.4, -0.2) is 14.5 Å². The van der Waals surface area contributed by atoms with Crippen molar-refractivity contribution in [3.63, 3.8) is 0 Å². The molecule has 0 saturated heterocycles. The van der Waals surface area contributed by atoms with Crippen molar-refractivity contribution in [2.45, 2.75) is 31.4 Å². The molecular weight excluding hydrogens is 329 g/mol. The maximum atomic E-state index is 14.1. The summed E-state index contributed by atoms with van der Waals surface area (Å²) >= 11 is 0. The molecular formula is C19H19F3OSi. The van der Waals surface area contributed by atoms with Crippen molar-refractivity contribution in [2.24, 2.45) is 0 Å². The monoisotopic (exact) mass is 348 g/mol. The van der Waals surface area contributed by atoms with Crippen LogP contribution >= 0.6 is 0 Å². The van der Waals surface area contributed by atoms with E-state index in [4.69, 9.17) is 4.43 Å². The summed E-state index contributed by atoms with van der Waals surface area (Å²) in [5.74, 6) is 5.04. The molecule has 2 aromatic rings. The van der Waals surface area contributed by atoms with Crippen LogP contribution in [0.5, 0.6) is 0 Å². The second-order valence-corrected chi connectivity index (χ2v) is 10.8. The number of alkyl halides is 3. The lowest BCUT2D eigenvalue weighted by Crippen LogP contribution is -2.50. The average Bonchev–Trinajstić information content (AvgIpc) is 2.51. The molecule has 0 radical (unpaired) electrons. The minimum atomic E-state index is -4.66. The summed E-state index contributed by atoms with van der Waals surface area (Å²) in [6, 6.07) is 16.2. The van der Waals surface area contributed by atoms with Crippen molar-refractivity contribution in [3.05, 3.63) is 71.8 Å². The van der Waals surface area contributed by atoms with Gasteiger partial charge in [-0.2, -0.15) is 13.2 Å². The fourth-order valence-electron chi connectivity index (χ4n) is 2.26. The molecule has 0 spiro atoms. The molecule has 126 valence electrons. The van der Waals surface area contributed by atoms with Gasteiger partial charge in [0, 0.05) is 11.1 Å². The third-order valence-electron chi connectivity index (χ3n) is 3.20. The van der Waals surface area contributed by atoms with Crippen LogP contribution in [0.25, 0.3) is 0 Å². The molecule has 0 aliphatic heterocycles. The fraction of sp³-hybridized carbons (Fsp3) is 0.263. The van der Waals surface area contributed by atoms with E-state index < -0.39 is 20.1 Å². The Morgan fingerprint density at radius 1 is 0.833 bits per heavy atom. The van der Waals surface area contributed by atoms with Gasteiger partial charge in [0.1, 0.15) is 0 Å². The molecule has 2 rings (SSSR count). The van der Waals surface area contributed by atoms with Crippen LogP contribution in [0.2, 0.25) is 19.6 Å². The average molecular weight is 348 g/mol. The van der Waals surface area contributed by atoms with Gasteiger partial charge in [-0.1, -0.05) is 54.5 Å². The van der Waals surface area contributed by atoms with Crippen LogP contribution in [0.1, 0.15) is 11.1 Å². The molecule has 0 amide bonds. The highest BCUT2D eigenvalue weighted by Crippen LogP contribution is 2.43. The molecule has 0 heterocycles. The van der Waals surface area contributed by atoms with Gasteiger partial charge < -0.3 is 4.43 Å². The molecule has 0 aliphatic carbocycles. The highest BCUT2D eigenvalue weighted by molar-refractivity contribution is 6.69. The molecule has 5 heteroatoms. The fourth-order valence-corrected chi connectivity index (χ4v) is 3.47. The summed E-state index contributed by atoms with van der Waals surface area (Å²) < 4.78 is 47.9. The van der Waals surface area contributed by atoms with Gasteiger partial charge in [0.15, 0.2) is 8.32 Å². The number of hydrogen-bond donors (Lipinski definition) is 0. The van der Waals surface area contributed by atoms with E-state index in [9.17, 15) is 13.2 Å². The number of halogens is 3. The predicted octanol–water partition coefficient (Wildman–Crippen LogP) is 5.35. The van der Waals surface area contributed by atoms with E-state index in [0.717, 1.165) is 0 Å². The van der Waals surface area contributed by atoms with Crippen LogP contribution in [0.15, 0.2) is 60.7 Å². The lowest BCUT2D eigenvalue weighted by molar-refractivity contribution is -0.233. The molecule has 24 heavy (non-hydrogen) atoms. The van der Waals surface area contributed by atoms with Crippen LogP contribution in [0.3, 0.4) is 0 Å². The number of benzene rings is 2. The summed E-state index contributed by atoms with van der Waals surface area (Å²) in [4.78, 5) is 0. The van der Waals surface area contributed by atoms with Crippen LogP contribution in [0.4, 0.5) is 13.2 Å². The van der Waals surface area contributed by atoms with Crippen LogP contribution < -0.4 is 0 Å². The Morgan fingerprint density at radius 2 is 1.33 bits per heavy atom. The Kier molecular flexibility index (Phi) is 5.22. The number of rotatable bonds is 3. The molecule has 0 N–H and O–H groups in total. The lowest BCUT2D eigenvalue weighted by Gasteiger charge is -2.37. The SMILES string of the molecule is C[Si](C)(C)OC(C#Cc1ccccc1)(c1ccccc1)C(F)(F)F. The molecule has 1 nitrogen and oxygen atoms in total. The Morgan fingerprint density at radius 3 is 1.79 bits per heavy atom. The van der Waals surface area contributed by atoms with Crippen LogP contribution in [0, 0.1) is 11.8 Å². The molecule has 1 unspecified atom stereocenters. The van der Waals surface area contributed by atoms with Crippen molar-refractivity contribution in [3.8, 4) is 11.8 Å². The van der Waals surface area contributed by atoms with Gasteiger partial charge >= 0.3 is 6.18 Å². The standard InChI is InChI=1S/C19H19F3OSi/c1-24(2,3)23-18(19(20,21)22,17-12-8-5-9-13-17)15-14-16-10-6-4-7-11-16/h4-13H,1-3H3. The van der Waals surface area contributed by atoms with Gasteiger partial charge in [-0.3, -0.25) is 0 Å². The Balaban J connectivity index is 2.65. The molecule has 0 aromatic heterocycles. The zero-order valence-corrected chi connectivity index (χ0v) is 14.8. The summed E-state index contributed by atoms with van der Waals surface area (Å²) in [6.45, 7) is 5.17. The highest BCUT2D eigenvalue weighted by atomic mass is 28.4. The van der Waals surface area contributed by atoms with Crippen molar-refractivity contribution in [1.82, 2.24) is 0 Å². The van der Waals surface area contributed by atoms with Gasteiger partial charge in [-0.25, -0.2) is 0 Å². The Bertz CT molecular complexity index is 724. The van der Waals surface area contributed by atoms with E-state index in [2.05, 4.69) is 11.8 Å². The molecule has 1 atom stereocenters. The maximum absolute atomic E-state index is 14.1. The normalized spacial score (nSPS) is 14.4. The number of hydrogen-bond acceptors (Lipinski definition) is 1. The van der Waals surface area contributed by atoms with E-state index in [-0.39, 0.29) is 5.56 Å². The second kappa shape index (κ2) is 6.84. The zero-order chi connectivity index (χ0) is 17.8. The van der Waals surface area contributed by atoms with Crippen molar-refractivity contribution < 1.29 is 17.6 Å². The third kappa shape index (κ3) is 4.28. The van der Waals surface area contributed by atoms with Gasteiger partial charge in [0.25, 0.3) is 0 Å². The highest BCUT2D eigenvalue weighted by Gasteiger charge is 2.58. The smallest absolute Gasteiger partial charge is 0.391 e. The van der Waals surface area contributed by atoms with Gasteiger partial charge in [-0.05, 0) is 37.7 Å². The van der Waals surface area contributed by atoms with Crippen molar-refractivity contribution in [2.75, 3.05) is 0 Å². The first kappa shape index (κ1) is 18.3. The van der Waals surface area contributed by atoms with Gasteiger partial charge in [0.2, 0.25) is 5.60 Å². The summed E-state index contributed by atoms with van der Waals surface area (Å²) in [5, 5.41) is 0. The summed E-state index contributed by atoms with van der Waals surface area (Å²) in [6.07, 6.45) is -4.66. The van der Waals surface area contributed by atoms with E-state index in [1.54, 1.807) is 68.2 Å². The quantitative estimate of drug-likeness (QED) is 0.537. The van der Waals surface area contributed by atoms with E-state index in [0.29, 0.717) is 5.56 Å². The van der Waals surface area contributed by atoms with Gasteiger partial charge in [0.05, 0.1) is 0 Å². The molecule has 0 saturated carbocycles. The minimum Gasteiger partial charge on any atom is -0.391 e. The third-order valence-corrected chi connectivity index (χ3v) is 4.11.